The Bertz CT molecular complexity index is 1350. The van der Waals surface area contributed by atoms with Gasteiger partial charge in [0.1, 0.15) is 5.82 Å². The average molecular weight is 568 g/mol. The molecule has 0 amide bonds. The van der Waals surface area contributed by atoms with Crippen LogP contribution in [0, 0.1) is 12.7 Å². The summed E-state index contributed by atoms with van der Waals surface area (Å²) < 4.78 is 69.1. The van der Waals surface area contributed by atoms with Crippen LogP contribution in [0.15, 0.2) is 68.9 Å². The van der Waals surface area contributed by atoms with Gasteiger partial charge in [0, 0.05) is 20.2 Å². The zero-order valence-electron chi connectivity index (χ0n) is 15.7. The number of hydrogen-bond acceptors (Lipinski definition) is 4. The largest absolute Gasteiger partial charge is 0.280 e. The van der Waals surface area contributed by atoms with Gasteiger partial charge in [0.05, 0.1) is 15.5 Å². The summed E-state index contributed by atoms with van der Waals surface area (Å²) in [5.41, 5.74) is 0.712. The van der Waals surface area contributed by atoms with Gasteiger partial charge in [-0.25, -0.2) is 21.2 Å². The number of nitrogens with one attached hydrogen (secondary N) is 2. The molecule has 2 N–H and O–H groups in total. The minimum atomic E-state index is -4.04. The van der Waals surface area contributed by atoms with Crippen LogP contribution < -0.4 is 9.44 Å². The van der Waals surface area contributed by atoms with Gasteiger partial charge >= 0.3 is 0 Å². The quantitative estimate of drug-likeness (QED) is 0.393. The lowest BCUT2D eigenvalue weighted by Crippen LogP contribution is -2.15. The summed E-state index contributed by atoms with van der Waals surface area (Å²) in [5, 5.41) is 0.305. The van der Waals surface area contributed by atoms with Crippen molar-refractivity contribution in [3.05, 3.63) is 80.5 Å². The van der Waals surface area contributed by atoms with Gasteiger partial charge in [-0.1, -0.05) is 39.1 Å². The van der Waals surface area contributed by atoms with E-state index in [2.05, 4.69) is 25.4 Å². The van der Waals surface area contributed by atoms with Gasteiger partial charge in [-0.3, -0.25) is 9.44 Å². The normalized spacial score (nSPS) is 11.9. The number of halogens is 4. The van der Waals surface area contributed by atoms with Gasteiger partial charge in [0.15, 0.2) is 0 Å². The van der Waals surface area contributed by atoms with Crippen LogP contribution in [-0.2, 0) is 20.0 Å². The van der Waals surface area contributed by atoms with Crippen molar-refractivity contribution in [3.8, 4) is 0 Å². The first-order chi connectivity index (χ1) is 14.4. The molecule has 0 aromatic heterocycles. The summed E-state index contributed by atoms with van der Waals surface area (Å²) in [5.74, 6) is -0.610. The highest BCUT2D eigenvalue weighted by Crippen LogP contribution is 2.28. The Morgan fingerprint density at radius 1 is 0.806 bits per heavy atom. The third-order valence-corrected chi connectivity index (χ3v) is 8.12. The molecule has 12 heteroatoms. The monoisotopic (exact) mass is 566 g/mol. The van der Waals surface area contributed by atoms with Crippen molar-refractivity contribution >= 4 is 70.6 Å². The lowest BCUT2D eigenvalue weighted by molar-refractivity contribution is 0.600. The molecule has 0 heterocycles. The van der Waals surface area contributed by atoms with Crippen molar-refractivity contribution in [2.45, 2.75) is 16.7 Å². The van der Waals surface area contributed by atoms with Crippen LogP contribution in [0.4, 0.5) is 15.8 Å². The zero-order valence-corrected chi connectivity index (χ0v) is 20.4. The molecular weight excluding hydrogens is 554 g/mol. The van der Waals surface area contributed by atoms with Crippen molar-refractivity contribution < 1.29 is 21.2 Å². The summed E-state index contributed by atoms with van der Waals surface area (Å²) >= 11 is 14.9. The Balaban J connectivity index is 1.84. The zero-order chi connectivity index (χ0) is 23.0. The molecule has 0 atom stereocenters. The molecule has 0 aliphatic heterocycles. The van der Waals surface area contributed by atoms with Crippen LogP contribution >= 0.6 is 39.1 Å². The van der Waals surface area contributed by atoms with Crippen LogP contribution in [0.2, 0.25) is 10.0 Å². The molecular formula is C19H14BrCl2FN2O4S2. The number of benzene rings is 3. The standard InChI is InChI=1S/C19H14BrCl2FN2O4S2/c1-11-18(20)9-14(23)10-19(11)25-30(26,27)16-4-2-15(3-5-16)24-31(28,29)17-7-12(21)6-13(22)8-17/h2-10,24-25H,1H3. The molecule has 0 saturated heterocycles. The first kappa shape index (κ1) is 23.8. The highest BCUT2D eigenvalue weighted by molar-refractivity contribution is 9.10. The molecule has 164 valence electrons. The van der Waals surface area contributed by atoms with E-state index in [1.165, 1.54) is 48.5 Å². The van der Waals surface area contributed by atoms with Crippen LogP contribution in [0.3, 0.4) is 0 Å². The first-order valence-corrected chi connectivity index (χ1v) is 13.0. The molecule has 3 rings (SSSR count). The molecule has 3 aromatic rings. The predicted octanol–water partition coefficient (Wildman–Crippen LogP) is 5.81. The van der Waals surface area contributed by atoms with Crippen molar-refractivity contribution in [2.75, 3.05) is 9.44 Å². The lowest BCUT2D eigenvalue weighted by Gasteiger charge is -2.13. The summed E-state index contributed by atoms with van der Waals surface area (Å²) in [7, 11) is -8.04. The van der Waals surface area contributed by atoms with E-state index in [4.69, 9.17) is 23.2 Å². The summed E-state index contributed by atoms with van der Waals surface area (Å²) in [6.07, 6.45) is 0. The Hall–Kier alpha value is -1.85. The lowest BCUT2D eigenvalue weighted by atomic mass is 10.2. The SMILES string of the molecule is Cc1c(Br)cc(F)cc1NS(=O)(=O)c1ccc(NS(=O)(=O)c2cc(Cl)cc(Cl)c2)cc1. The highest BCUT2D eigenvalue weighted by atomic mass is 79.9. The van der Waals surface area contributed by atoms with Crippen LogP contribution in [0.25, 0.3) is 0 Å². The van der Waals surface area contributed by atoms with E-state index in [-0.39, 0.29) is 31.2 Å². The second-order valence-corrected chi connectivity index (χ2v) is 11.5. The molecule has 6 nitrogen and oxygen atoms in total. The molecule has 0 bridgehead atoms. The number of anilines is 2. The molecule has 0 aliphatic carbocycles. The number of sulfonamides is 2. The Morgan fingerprint density at radius 2 is 1.35 bits per heavy atom. The van der Waals surface area contributed by atoms with Crippen LogP contribution in [0.5, 0.6) is 0 Å². The Labute approximate surface area is 197 Å². The summed E-state index contributed by atoms with van der Waals surface area (Å²) in [6, 6.07) is 11.2. The van der Waals surface area contributed by atoms with Crippen LogP contribution in [-0.4, -0.2) is 16.8 Å². The molecule has 0 saturated carbocycles. The van der Waals surface area contributed by atoms with Crippen molar-refractivity contribution in [3.63, 3.8) is 0 Å². The van der Waals surface area contributed by atoms with Crippen LogP contribution in [0.1, 0.15) is 5.56 Å². The molecule has 0 unspecified atom stereocenters. The fourth-order valence-corrected chi connectivity index (χ4v) is 5.89. The van der Waals surface area contributed by atoms with E-state index in [9.17, 15) is 21.2 Å². The maximum absolute atomic E-state index is 13.6. The van der Waals surface area contributed by atoms with Gasteiger partial charge in [-0.2, -0.15) is 0 Å². The van der Waals surface area contributed by atoms with E-state index in [1.54, 1.807) is 6.92 Å². The molecule has 0 radical (unpaired) electrons. The minimum absolute atomic E-state index is 0.0782. The second kappa shape index (κ2) is 8.95. The van der Waals surface area contributed by atoms with Crippen molar-refractivity contribution in [1.29, 1.82) is 0 Å². The topological polar surface area (TPSA) is 92.3 Å². The molecule has 31 heavy (non-hydrogen) atoms. The van der Waals surface area contributed by atoms with Gasteiger partial charge in [0.25, 0.3) is 20.0 Å². The number of rotatable bonds is 6. The minimum Gasteiger partial charge on any atom is -0.280 e. The Kier molecular flexibility index (Phi) is 6.87. The van der Waals surface area contributed by atoms with E-state index >= 15 is 0 Å². The molecule has 3 aromatic carbocycles. The maximum atomic E-state index is 13.6. The summed E-state index contributed by atoms with van der Waals surface area (Å²) in [4.78, 5) is -0.281. The van der Waals surface area contributed by atoms with Gasteiger partial charge in [-0.15, -0.1) is 0 Å². The maximum Gasteiger partial charge on any atom is 0.261 e. The van der Waals surface area contributed by atoms with E-state index in [0.29, 0.717) is 10.0 Å². The second-order valence-electron chi connectivity index (χ2n) is 6.40. The third kappa shape index (κ3) is 5.69. The third-order valence-electron chi connectivity index (χ3n) is 4.12. The summed E-state index contributed by atoms with van der Waals surface area (Å²) in [6.45, 7) is 1.63. The fraction of sp³-hybridized carbons (Fsp3) is 0.0526. The molecule has 0 aliphatic rings. The first-order valence-electron chi connectivity index (χ1n) is 8.45. The van der Waals surface area contributed by atoms with Gasteiger partial charge in [0.2, 0.25) is 0 Å². The fourth-order valence-electron chi connectivity index (χ4n) is 2.56. The van der Waals surface area contributed by atoms with E-state index in [1.807, 2.05) is 0 Å². The van der Waals surface area contributed by atoms with E-state index < -0.39 is 25.9 Å². The van der Waals surface area contributed by atoms with Gasteiger partial charge in [-0.05, 0) is 67.1 Å². The predicted molar refractivity (Wildman–Crippen MR) is 123 cm³/mol. The Morgan fingerprint density at radius 3 is 1.94 bits per heavy atom. The average Bonchev–Trinajstić information content (AvgIpc) is 2.65. The van der Waals surface area contributed by atoms with Gasteiger partial charge < -0.3 is 0 Å². The van der Waals surface area contributed by atoms with Crippen molar-refractivity contribution in [1.82, 2.24) is 0 Å². The molecule has 0 fully saturated rings. The van der Waals surface area contributed by atoms with E-state index in [0.717, 1.165) is 6.07 Å². The van der Waals surface area contributed by atoms with Crippen molar-refractivity contribution in [2.24, 2.45) is 0 Å². The smallest absolute Gasteiger partial charge is 0.261 e. The molecule has 0 spiro atoms. The highest BCUT2D eigenvalue weighted by Gasteiger charge is 2.19. The number of hydrogen-bond donors (Lipinski definition) is 2.